The van der Waals surface area contributed by atoms with Crippen molar-refractivity contribution in [2.45, 2.75) is 13.0 Å². The molecule has 0 fully saturated rings. The van der Waals surface area contributed by atoms with Crippen LogP contribution in [0.3, 0.4) is 0 Å². The molecular formula is C12H13ClN2O2. The Kier molecular flexibility index (Phi) is 2.85. The third-order valence-corrected chi connectivity index (χ3v) is 3.41. The van der Waals surface area contributed by atoms with Gasteiger partial charge in [0.15, 0.2) is 0 Å². The lowest BCUT2D eigenvalue weighted by Crippen LogP contribution is -2.21. The van der Waals surface area contributed by atoms with Crippen molar-refractivity contribution in [3.8, 4) is 0 Å². The van der Waals surface area contributed by atoms with Gasteiger partial charge >= 0.3 is 5.97 Å². The van der Waals surface area contributed by atoms with Crippen molar-refractivity contribution < 1.29 is 9.90 Å². The number of carboxylic acids is 1. The van der Waals surface area contributed by atoms with Crippen molar-refractivity contribution in [3.63, 3.8) is 0 Å². The summed E-state index contributed by atoms with van der Waals surface area (Å²) in [6, 6.07) is 4.41. The molecule has 1 heterocycles. The lowest BCUT2D eigenvalue weighted by molar-refractivity contribution is -0.138. The van der Waals surface area contributed by atoms with Crippen LogP contribution in [0.25, 0.3) is 10.9 Å². The van der Waals surface area contributed by atoms with E-state index < -0.39 is 12.0 Å². The van der Waals surface area contributed by atoms with Crippen LogP contribution < -0.4 is 5.73 Å². The molecule has 0 spiro atoms. The summed E-state index contributed by atoms with van der Waals surface area (Å²) in [5.74, 6) is -1.06. The van der Waals surface area contributed by atoms with E-state index in [9.17, 15) is 4.79 Å². The molecule has 0 aliphatic carbocycles. The highest BCUT2D eigenvalue weighted by molar-refractivity contribution is 6.36. The Bertz CT molecular complexity index is 604. The fourth-order valence-corrected chi connectivity index (χ4v) is 2.38. The van der Waals surface area contributed by atoms with Gasteiger partial charge in [-0.2, -0.15) is 0 Å². The van der Waals surface area contributed by atoms with Crippen LogP contribution in [0.15, 0.2) is 18.2 Å². The minimum absolute atomic E-state index is 0.526. The summed E-state index contributed by atoms with van der Waals surface area (Å²) in [7, 11) is 1.87. The van der Waals surface area contributed by atoms with Gasteiger partial charge in [0.2, 0.25) is 0 Å². The number of carbonyl (C=O) groups is 1. The fourth-order valence-electron chi connectivity index (χ4n) is 2.11. The number of nitrogens with zero attached hydrogens (tertiary/aromatic N) is 1. The first-order valence-corrected chi connectivity index (χ1v) is 5.54. The van der Waals surface area contributed by atoms with Crippen LogP contribution >= 0.6 is 11.6 Å². The Morgan fingerprint density at radius 2 is 2.18 bits per heavy atom. The Hall–Kier alpha value is -1.52. The first-order chi connectivity index (χ1) is 7.95. The smallest absolute Gasteiger partial charge is 0.325 e. The monoisotopic (exact) mass is 252 g/mol. The second-order valence-electron chi connectivity index (χ2n) is 4.01. The molecule has 1 atom stereocenters. The van der Waals surface area contributed by atoms with Crippen molar-refractivity contribution in [1.29, 1.82) is 0 Å². The van der Waals surface area contributed by atoms with E-state index >= 15 is 0 Å². The van der Waals surface area contributed by atoms with E-state index in [0.29, 0.717) is 10.6 Å². The number of aromatic nitrogens is 1. The van der Waals surface area contributed by atoms with Gasteiger partial charge in [0.25, 0.3) is 0 Å². The van der Waals surface area contributed by atoms with E-state index in [2.05, 4.69) is 0 Å². The standard InChI is InChI=1S/C12H13ClN2O2/c1-6-9(11(14)12(16)17)10-7(13)4-3-5-8(10)15(6)2/h3-5,11H,14H2,1-2H3,(H,16,17). The van der Waals surface area contributed by atoms with Crippen molar-refractivity contribution >= 4 is 28.5 Å². The van der Waals surface area contributed by atoms with E-state index in [1.165, 1.54) is 0 Å². The number of carboxylic acid groups (broad SMARTS) is 1. The molecule has 90 valence electrons. The third-order valence-electron chi connectivity index (χ3n) is 3.09. The molecule has 0 amide bonds. The largest absolute Gasteiger partial charge is 0.480 e. The van der Waals surface area contributed by atoms with Gasteiger partial charge in [0, 0.05) is 29.2 Å². The summed E-state index contributed by atoms with van der Waals surface area (Å²) in [5.41, 5.74) is 8.01. The predicted molar refractivity (Wildman–Crippen MR) is 67.2 cm³/mol. The van der Waals surface area contributed by atoms with Gasteiger partial charge in [-0.05, 0) is 19.1 Å². The Labute approximate surface area is 104 Å². The Morgan fingerprint density at radius 3 is 2.76 bits per heavy atom. The first kappa shape index (κ1) is 12.0. The third kappa shape index (κ3) is 1.69. The maximum absolute atomic E-state index is 11.0. The average molecular weight is 253 g/mol. The van der Waals surface area contributed by atoms with E-state index in [1.807, 2.05) is 30.7 Å². The van der Waals surface area contributed by atoms with Crippen LogP contribution in [0.2, 0.25) is 5.02 Å². The zero-order valence-electron chi connectivity index (χ0n) is 9.57. The molecule has 5 heteroatoms. The maximum atomic E-state index is 11.0. The second-order valence-corrected chi connectivity index (χ2v) is 4.42. The van der Waals surface area contributed by atoms with Crippen molar-refractivity contribution in [1.82, 2.24) is 4.57 Å². The molecule has 17 heavy (non-hydrogen) atoms. The molecule has 2 aromatic rings. The molecular weight excluding hydrogens is 240 g/mol. The number of fused-ring (bicyclic) bond motifs is 1. The average Bonchev–Trinajstić information content (AvgIpc) is 2.53. The molecule has 3 N–H and O–H groups in total. The quantitative estimate of drug-likeness (QED) is 0.861. The van der Waals surface area contributed by atoms with Gasteiger partial charge in [-0.15, -0.1) is 0 Å². The lowest BCUT2D eigenvalue weighted by atomic mass is 10.0. The van der Waals surface area contributed by atoms with E-state index in [1.54, 1.807) is 6.07 Å². The molecule has 1 aromatic heterocycles. The number of nitrogens with two attached hydrogens (primary N) is 1. The van der Waals surface area contributed by atoms with Gasteiger partial charge in [-0.3, -0.25) is 4.79 Å². The predicted octanol–water partition coefficient (Wildman–Crippen LogP) is 2.22. The maximum Gasteiger partial charge on any atom is 0.325 e. The van der Waals surface area contributed by atoms with Gasteiger partial charge in [-0.25, -0.2) is 0 Å². The van der Waals surface area contributed by atoms with E-state index in [4.69, 9.17) is 22.4 Å². The van der Waals surface area contributed by atoms with Crippen LogP contribution in [-0.4, -0.2) is 15.6 Å². The molecule has 4 nitrogen and oxygen atoms in total. The molecule has 0 radical (unpaired) electrons. The highest BCUT2D eigenvalue weighted by Gasteiger charge is 2.24. The molecule has 0 bridgehead atoms. The highest BCUT2D eigenvalue weighted by atomic mass is 35.5. The van der Waals surface area contributed by atoms with Crippen LogP contribution in [0.1, 0.15) is 17.3 Å². The van der Waals surface area contributed by atoms with E-state index in [-0.39, 0.29) is 0 Å². The lowest BCUT2D eigenvalue weighted by Gasteiger charge is -2.07. The normalized spacial score (nSPS) is 12.9. The van der Waals surface area contributed by atoms with Crippen molar-refractivity contribution in [3.05, 3.63) is 34.5 Å². The summed E-state index contributed by atoms with van der Waals surface area (Å²) < 4.78 is 1.90. The Morgan fingerprint density at radius 1 is 1.53 bits per heavy atom. The highest BCUT2D eigenvalue weighted by Crippen LogP contribution is 2.34. The van der Waals surface area contributed by atoms with Crippen molar-refractivity contribution in [2.75, 3.05) is 0 Å². The molecule has 0 saturated carbocycles. The Balaban J connectivity index is 2.87. The summed E-state index contributed by atoms with van der Waals surface area (Å²) in [4.78, 5) is 11.0. The topological polar surface area (TPSA) is 68.2 Å². The second kappa shape index (κ2) is 4.05. The number of benzene rings is 1. The zero-order chi connectivity index (χ0) is 12.7. The van der Waals surface area contributed by atoms with Gasteiger partial charge in [-0.1, -0.05) is 17.7 Å². The van der Waals surface area contributed by atoms with E-state index in [0.717, 1.165) is 16.6 Å². The fraction of sp³-hybridized carbons (Fsp3) is 0.250. The van der Waals surface area contributed by atoms with Crippen LogP contribution in [0.5, 0.6) is 0 Å². The summed E-state index contributed by atoms with van der Waals surface area (Å²) in [6.07, 6.45) is 0. The summed E-state index contributed by atoms with van der Waals surface area (Å²) in [6.45, 7) is 1.84. The number of hydrogen-bond donors (Lipinski definition) is 2. The van der Waals surface area contributed by atoms with Crippen LogP contribution in [0.4, 0.5) is 0 Å². The van der Waals surface area contributed by atoms with Crippen LogP contribution in [-0.2, 0) is 11.8 Å². The van der Waals surface area contributed by atoms with Crippen molar-refractivity contribution in [2.24, 2.45) is 12.8 Å². The van der Waals surface area contributed by atoms with Crippen LogP contribution in [0, 0.1) is 6.92 Å². The van der Waals surface area contributed by atoms with Gasteiger partial charge in [0.05, 0.1) is 5.02 Å². The summed E-state index contributed by atoms with van der Waals surface area (Å²) >= 11 is 6.13. The molecule has 0 saturated heterocycles. The van der Waals surface area contributed by atoms with Gasteiger partial charge < -0.3 is 15.4 Å². The van der Waals surface area contributed by atoms with Gasteiger partial charge in [0.1, 0.15) is 6.04 Å². The molecule has 2 rings (SSSR count). The number of hydrogen-bond acceptors (Lipinski definition) is 2. The zero-order valence-corrected chi connectivity index (χ0v) is 10.3. The minimum Gasteiger partial charge on any atom is -0.480 e. The minimum atomic E-state index is -1.06. The summed E-state index contributed by atoms with van der Waals surface area (Å²) in [5, 5.41) is 10.3. The number of rotatable bonds is 2. The number of aliphatic carboxylic acids is 1. The number of halogens is 1. The SMILES string of the molecule is Cc1c(C(N)C(=O)O)c2c(Cl)cccc2n1C. The molecule has 1 aromatic carbocycles. The number of aryl methyl sites for hydroxylation is 1. The molecule has 0 aliphatic heterocycles. The first-order valence-electron chi connectivity index (χ1n) is 5.17. The molecule has 1 unspecified atom stereocenters. The molecule has 0 aliphatic rings.